The molecule has 0 amide bonds. The third-order valence-electron chi connectivity index (χ3n) is 2.65. The zero-order chi connectivity index (χ0) is 12.4. The van der Waals surface area contributed by atoms with Crippen LogP contribution >= 0.6 is 0 Å². The van der Waals surface area contributed by atoms with Crippen LogP contribution in [0.3, 0.4) is 0 Å². The zero-order valence-corrected chi connectivity index (χ0v) is 12.1. The molecule has 0 aliphatic rings. The average molecular weight is 228 g/mol. The first-order chi connectivity index (χ1) is 7.56. The molecule has 0 bridgehead atoms. The molecule has 0 aliphatic heterocycles. The first-order valence-electron chi connectivity index (χ1n) is 6.93. The summed E-state index contributed by atoms with van der Waals surface area (Å²) in [6.07, 6.45) is 4.02. The topological polar surface area (TPSA) is 15.3 Å². The summed E-state index contributed by atoms with van der Waals surface area (Å²) in [5, 5.41) is 3.21. The molecule has 2 nitrogen and oxygen atoms in total. The summed E-state index contributed by atoms with van der Waals surface area (Å²) in [4.78, 5) is 2.63. The number of unbranched alkanes of at least 4 members (excludes halogenated alkanes) is 2. The molecule has 16 heavy (non-hydrogen) atoms. The Labute approximate surface area is 103 Å². The summed E-state index contributed by atoms with van der Waals surface area (Å²) < 4.78 is 0. The normalized spacial score (nSPS) is 12.0. The van der Waals surface area contributed by atoms with Crippen LogP contribution in [-0.2, 0) is 0 Å². The molecule has 0 saturated heterocycles. The molecule has 0 spiro atoms. The van der Waals surface area contributed by atoms with Crippen LogP contribution < -0.4 is 5.32 Å². The third kappa shape index (κ3) is 10.4. The second-order valence-corrected chi connectivity index (χ2v) is 5.71. The fourth-order valence-electron chi connectivity index (χ4n) is 2.10. The molecule has 98 valence electrons. The molecule has 0 rings (SSSR count). The maximum absolute atomic E-state index is 3.21. The van der Waals surface area contributed by atoms with E-state index in [2.05, 4.69) is 37.9 Å². The smallest absolute Gasteiger partial charge is 0.000449 e. The molecule has 0 aromatic carbocycles. The molecule has 0 saturated carbocycles. The van der Waals surface area contributed by atoms with E-state index in [4.69, 9.17) is 0 Å². The summed E-state index contributed by atoms with van der Waals surface area (Å²) in [7, 11) is 2.03. The summed E-state index contributed by atoms with van der Waals surface area (Å²) in [6, 6.07) is 0. The monoisotopic (exact) mass is 228 g/mol. The molecule has 1 N–H and O–H groups in total. The lowest BCUT2D eigenvalue weighted by Gasteiger charge is -2.26. The Morgan fingerprint density at radius 1 is 0.875 bits per heavy atom. The van der Waals surface area contributed by atoms with E-state index < -0.39 is 0 Å². The Balaban J connectivity index is 3.65. The molecule has 0 aromatic rings. The van der Waals surface area contributed by atoms with Gasteiger partial charge >= 0.3 is 0 Å². The van der Waals surface area contributed by atoms with Crippen molar-refractivity contribution in [1.82, 2.24) is 10.2 Å². The van der Waals surface area contributed by atoms with Gasteiger partial charge < -0.3 is 10.2 Å². The van der Waals surface area contributed by atoms with Crippen LogP contribution in [0.15, 0.2) is 0 Å². The highest BCUT2D eigenvalue weighted by atomic mass is 15.1. The highest BCUT2D eigenvalue weighted by Gasteiger charge is 2.08. The Kier molecular flexibility index (Phi) is 10.0. The fraction of sp³-hybridized carbons (Fsp3) is 1.00. The van der Waals surface area contributed by atoms with Crippen LogP contribution in [0.5, 0.6) is 0 Å². The molecule has 0 fully saturated rings. The van der Waals surface area contributed by atoms with Gasteiger partial charge in [-0.3, -0.25) is 0 Å². The number of nitrogens with zero attached hydrogens (tertiary/aromatic N) is 1. The second kappa shape index (κ2) is 10.1. The average Bonchev–Trinajstić information content (AvgIpc) is 2.15. The standard InChI is InChI=1S/C14H32N2/c1-13(2)11-16(12-14(3)4)10-8-6-7-9-15-5/h13-15H,6-12H2,1-5H3. The second-order valence-electron chi connectivity index (χ2n) is 5.71. The van der Waals surface area contributed by atoms with Crippen molar-refractivity contribution in [3.8, 4) is 0 Å². The van der Waals surface area contributed by atoms with Gasteiger partial charge in [-0.05, 0) is 44.8 Å². The van der Waals surface area contributed by atoms with Crippen LogP contribution in [-0.4, -0.2) is 38.1 Å². The molecule has 0 atom stereocenters. The van der Waals surface area contributed by atoms with Gasteiger partial charge in [0.25, 0.3) is 0 Å². The van der Waals surface area contributed by atoms with Crippen molar-refractivity contribution >= 4 is 0 Å². The molecule has 0 radical (unpaired) electrons. The van der Waals surface area contributed by atoms with Crippen molar-refractivity contribution in [3.63, 3.8) is 0 Å². The van der Waals surface area contributed by atoms with Crippen molar-refractivity contribution in [3.05, 3.63) is 0 Å². The quantitative estimate of drug-likeness (QED) is 0.578. The van der Waals surface area contributed by atoms with Gasteiger partial charge in [-0.1, -0.05) is 34.1 Å². The lowest BCUT2D eigenvalue weighted by Crippen LogP contribution is -2.32. The van der Waals surface area contributed by atoms with Crippen molar-refractivity contribution in [1.29, 1.82) is 0 Å². The zero-order valence-electron chi connectivity index (χ0n) is 12.1. The SMILES string of the molecule is CNCCCCCN(CC(C)C)CC(C)C. The lowest BCUT2D eigenvalue weighted by molar-refractivity contribution is 0.215. The van der Waals surface area contributed by atoms with E-state index in [0.717, 1.165) is 18.4 Å². The van der Waals surface area contributed by atoms with Crippen LogP contribution in [0, 0.1) is 11.8 Å². The lowest BCUT2D eigenvalue weighted by atomic mass is 10.1. The third-order valence-corrected chi connectivity index (χ3v) is 2.65. The molecule has 0 aliphatic carbocycles. The first-order valence-corrected chi connectivity index (χ1v) is 6.93. The van der Waals surface area contributed by atoms with Gasteiger partial charge in [0, 0.05) is 13.1 Å². The van der Waals surface area contributed by atoms with Crippen molar-refractivity contribution in [2.75, 3.05) is 33.2 Å². The summed E-state index contributed by atoms with van der Waals surface area (Å²) >= 11 is 0. The molecule has 0 unspecified atom stereocenters. The van der Waals surface area contributed by atoms with E-state index in [9.17, 15) is 0 Å². The van der Waals surface area contributed by atoms with Gasteiger partial charge in [0.2, 0.25) is 0 Å². The molecule has 0 aromatic heterocycles. The minimum atomic E-state index is 0.788. The van der Waals surface area contributed by atoms with E-state index in [-0.39, 0.29) is 0 Å². The van der Waals surface area contributed by atoms with Crippen molar-refractivity contribution < 1.29 is 0 Å². The van der Waals surface area contributed by atoms with E-state index in [0.29, 0.717) is 0 Å². The maximum Gasteiger partial charge on any atom is 0.000449 e. The van der Waals surface area contributed by atoms with E-state index >= 15 is 0 Å². The van der Waals surface area contributed by atoms with E-state index in [1.54, 1.807) is 0 Å². The maximum atomic E-state index is 3.21. The molecule has 2 heteroatoms. The van der Waals surface area contributed by atoms with Gasteiger partial charge in [0.1, 0.15) is 0 Å². The molecular formula is C14H32N2. The minimum Gasteiger partial charge on any atom is -0.320 e. The molecular weight excluding hydrogens is 196 g/mol. The first kappa shape index (κ1) is 15.9. The largest absolute Gasteiger partial charge is 0.320 e. The van der Waals surface area contributed by atoms with Crippen LogP contribution in [0.4, 0.5) is 0 Å². The van der Waals surface area contributed by atoms with Crippen LogP contribution in [0.1, 0.15) is 47.0 Å². The number of nitrogens with one attached hydrogen (secondary N) is 1. The predicted molar refractivity (Wildman–Crippen MR) is 73.9 cm³/mol. The van der Waals surface area contributed by atoms with Crippen molar-refractivity contribution in [2.24, 2.45) is 11.8 Å². The highest BCUT2D eigenvalue weighted by Crippen LogP contribution is 2.06. The van der Waals surface area contributed by atoms with Gasteiger partial charge in [-0.25, -0.2) is 0 Å². The van der Waals surface area contributed by atoms with Crippen LogP contribution in [0.2, 0.25) is 0 Å². The minimum absolute atomic E-state index is 0.788. The summed E-state index contributed by atoms with van der Waals surface area (Å²) in [6.45, 7) is 14.2. The van der Waals surface area contributed by atoms with E-state index in [1.807, 2.05) is 7.05 Å². The summed E-state index contributed by atoms with van der Waals surface area (Å²) in [5.41, 5.74) is 0. The highest BCUT2D eigenvalue weighted by molar-refractivity contribution is 4.62. The van der Waals surface area contributed by atoms with Crippen LogP contribution in [0.25, 0.3) is 0 Å². The van der Waals surface area contributed by atoms with E-state index in [1.165, 1.54) is 38.9 Å². The Hall–Kier alpha value is -0.0800. The fourth-order valence-corrected chi connectivity index (χ4v) is 2.10. The Bertz CT molecular complexity index is 134. The van der Waals surface area contributed by atoms with Gasteiger partial charge in [-0.2, -0.15) is 0 Å². The van der Waals surface area contributed by atoms with Gasteiger partial charge in [-0.15, -0.1) is 0 Å². The summed E-state index contributed by atoms with van der Waals surface area (Å²) in [5.74, 6) is 1.58. The number of rotatable bonds is 10. The Morgan fingerprint density at radius 3 is 1.88 bits per heavy atom. The van der Waals surface area contributed by atoms with Crippen molar-refractivity contribution in [2.45, 2.75) is 47.0 Å². The van der Waals surface area contributed by atoms with Gasteiger partial charge in [0.15, 0.2) is 0 Å². The molecule has 0 heterocycles. The number of hydrogen-bond donors (Lipinski definition) is 1. The number of hydrogen-bond acceptors (Lipinski definition) is 2. The van der Waals surface area contributed by atoms with Gasteiger partial charge in [0.05, 0.1) is 0 Å². The predicted octanol–water partition coefficient (Wildman–Crippen LogP) is 2.99. The Morgan fingerprint density at radius 2 is 1.44 bits per heavy atom.